The molecule has 1 aliphatic rings. The second-order valence-corrected chi connectivity index (χ2v) is 3.81. The van der Waals surface area contributed by atoms with E-state index in [0.29, 0.717) is 12.0 Å². The Balaban J connectivity index is 0.000000671. The number of likely N-dealkylation sites (tertiary alicyclic amines) is 1. The molecule has 13 heavy (non-hydrogen) atoms. The molecule has 1 aliphatic heterocycles. The zero-order chi connectivity index (χ0) is 10.3. The minimum atomic E-state index is 0.349. The number of rotatable bonds is 3. The minimum absolute atomic E-state index is 0.349. The van der Waals surface area contributed by atoms with E-state index >= 15 is 0 Å². The van der Waals surface area contributed by atoms with Crippen molar-refractivity contribution in [1.82, 2.24) is 4.90 Å². The van der Waals surface area contributed by atoms with Gasteiger partial charge in [-0.2, -0.15) is 0 Å². The lowest BCUT2D eigenvalue weighted by Gasteiger charge is -2.26. The Morgan fingerprint density at radius 1 is 1.38 bits per heavy atom. The van der Waals surface area contributed by atoms with E-state index in [4.69, 9.17) is 5.11 Å². The molecule has 0 aromatic carbocycles. The third kappa shape index (κ3) is 3.65. The summed E-state index contributed by atoms with van der Waals surface area (Å²) in [6.07, 6.45) is 3.45. The summed E-state index contributed by atoms with van der Waals surface area (Å²) in [4.78, 5) is 2.36. The molecule has 1 saturated heterocycles. The molecular formula is C11H25NO. The van der Waals surface area contributed by atoms with Crippen LogP contribution in [0.2, 0.25) is 0 Å². The molecule has 1 atom stereocenters. The molecule has 0 radical (unpaired) electrons. The van der Waals surface area contributed by atoms with Gasteiger partial charge < -0.3 is 10.0 Å². The minimum Gasteiger partial charge on any atom is -0.396 e. The fourth-order valence-corrected chi connectivity index (χ4v) is 2.07. The molecule has 1 rings (SSSR count). The first-order valence-electron chi connectivity index (χ1n) is 5.52. The maximum atomic E-state index is 8.89. The van der Waals surface area contributed by atoms with Crippen LogP contribution in [0.25, 0.3) is 0 Å². The largest absolute Gasteiger partial charge is 0.396 e. The molecule has 1 heterocycles. The van der Waals surface area contributed by atoms with Gasteiger partial charge in [0.25, 0.3) is 0 Å². The molecular weight excluding hydrogens is 162 g/mol. The monoisotopic (exact) mass is 187 g/mol. The van der Waals surface area contributed by atoms with Crippen LogP contribution in [0, 0.1) is 5.41 Å². The normalized spacial score (nSPS) is 28.4. The molecule has 0 amide bonds. The maximum absolute atomic E-state index is 8.89. The first kappa shape index (κ1) is 12.9. The van der Waals surface area contributed by atoms with Gasteiger partial charge in [0.1, 0.15) is 0 Å². The zero-order valence-electron chi connectivity index (χ0n) is 9.64. The van der Waals surface area contributed by atoms with Gasteiger partial charge in [-0.15, -0.1) is 0 Å². The lowest BCUT2D eigenvalue weighted by atomic mass is 9.81. The van der Waals surface area contributed by atoms with Crippen molar-refractivity contribution in [3.63, 3.8) is 0 Å². The van der Waals surface area contributed by atoms with Gasteiger partial charge in [-0.3, -0.25) is 0 Å². The Bertz CT molecular complexity index is 123. The molecule has 0 aromatic heterocycles. The third-order valence-electron chi connectivity index (χ3n) is 3.02. The number of hydrogen-bond donors (Lipinski definition) is 1. The van der Waals surface area contributed by atoms with Crippen LogP contribution >= 0.6 is 0 Å². The second kappa shape index (κ2) is 6.39. The van der Waals surface area contributed by atoms with Crippen LogP contribution in [0.5, 0.6) is 0 Å². The summed E-state index contributed by atoms with van der Waals surface area (Å²) in [6.45, 7) is 8.95. The smallest absolute Gasteiger partial charge is 0.0436 e. The van der Waals surface area contributed by atoms with Crippen LogP contribution in [-0.2, 0) is 0 Å². The van der Waals surface area contributed by atoms with Gasteiger partial charge in [0.2, 0.25) is 0 Å². The van der Waals surface area contributed by atoms with E-state index < -0.39 is 0 Å². The quantitative estimate of drug-likeness (QED) is 0.731. The van der Waals surface area contributed by atoms with Crippen LogP contribution in [0.3, 0.4) is 0 Å². The SMILES string of the molecule is CC.CCC1(CCO)CCN(C)C1. The van der Waals surface area contributed by atoms with Crippen molar-refractivity contribution in [3.05, 3.63) is 0 Å². The van der Waals surface area contributed by atoms with Crippen LogP contribution in [0.1, 0.15) is 40.0 Å². The highest BCUT2D eigenvalue weighted by Crippen LogP contribution is 2.35. The number of hydrogen-bond acceptors (Lipinski definition) is 2. The van der Waals surface area contributed by atoms with E-state index in [-0.39, 0.29) is 0 Å². The topological polar surface area (TPSA) is 23.5 Å². The molecule has 0 aromatic rings. The Labute approximate surface area is 82.9 Å². The highest BCUT2D eigenvalue weighted by Gasteiger charge is 2.33. The number of aliphatic hydroxyl groups excluding tert-OH is 1. The number of aliphatic hydroxyl groups is 1. The second-order valence-electron chi connectivity index (χ2n) is 3.81. The summed E-state index contributed by atoms with van der Waals surface area (Å²) in [6, 6.07) is 0. The van der Waals surface area contributed by atoms with E-state index in [2.05, 4.69) is 18.9 Å². The molecule has 2 heteroatoms. The molecule has 0 aliphatic carbocycles. The van der Waals surface area contributed by atoms with Gasteiger partial charge in [0.15, 0.2) is 0 Å². The average molecular weight is 187 g/mol. The van der Waals surface area contributed by atoms with Crippen molar-refractivity contribution in [2.75, 3.05) is 26.7 Å². The Hall–Kier alpha value is -0.0800. The van der Waals surface area contributed by atoms with E-state index in [0.717, 1.165) is 6.42 Å². The van der Waals surface area contributed by atoms with E-state index in [1.54, 1.807) is 0 Å². The van der Waals surface area contributed by atoms with Crippen molar-refractivity contribution >= 4 is 0 Å². The summed E-state index contributed by atoms with van der Waals surface area (Å²) in [5, 5.41) is 8.89. The fourth-order valence-electron chi connectivity index (χ4n) is 2.07. The third-order valence-corrected chi connectivity index (χ3v) is 3.02. The predicted molar refractivity (Wildman–Crippen MR) is 57.9 cm³/mol. The van der Waals surface area contributed by atoms with Crippen LogP contribution < -0.4 is 0 Å². The molecule has 0 saturated carbocycles. The summed E-state index contributed by atoms with van der Waals surface area (Å²) in [5.74, 6) is 0. The summed E-state index contributed by atoms with van der Waals surface area (Å²) in [7, 11) is 2.16. The summed E-state index contributed by atoms with van der Waals surface area (Å²) < 4.78 is 0. The van der Waals surface area contributed by atoms with E-state index in [1.807, 2.05) is 13.8 Å². The van der Waals surface area contributed by atoms with E-state index in [1.165, 1.54) is 25.9 Å². The van der Waals surface area contributed by atoms with Gasteiger partial charge in [-0.1, -0.05) is 20.8 Å². The predicted octanol–water partition coefficient (Wildman–Crippen LogP) is 2.13. The number of nitrogens with zero attached hydrogens (tertiary/aromatic N) is 1. The van der Waals surface area contributed by atoms with Crippen LogP contribution in [-0.4, -0.2) is 36.8 Å². The van der Waals surface area contributed by atoms with Crippen LogP contribution in [0.15, 0.2) is 0 Å². The van der Waals surface area contributed by atoms with Gasteiger partial charge >= 0.3 is 0 Å². The Kier molecular flexibility index (Phi) is 6.35. The highest BCUT2D eigenvalue weighted by atomic mass is 16.3. The molecule has 0 bridgehead atoms. The van der Waals surface area contributed by atoms with Crippen molar-refractivity contribution < 1.29 is 5.11 Å². The van der Waals surface area contributed by atoms with Crippen molar-refractivity contribution in [2.45, 2.75) is 40.0 Å². The van der Waals surface area contributed by atoms with Gasteiger partial charge in [-0.05, 0) is 38.3 Å². The van der Waals surface area contributed by atoms with Crippen molar-refractivity contribution in [2.24, 2.45) is 5.41 Å². The molecule has 1 fully saturated rings. The van der Waals surface area contributed by atoms with Gasteiger partial charge in [0, 0.05) is 13.2 Å². The molecule has 2 nitrogen and oxygen atoms in total. The molecule has 1 N–H and O–H groups in total. The first-order chi connectivity index (χ1) is 6.22. The van der Waals surface area contributed by atoms with E-state index in [9.17, 15) is 0 Å². The Morgan fingerprint density at radius 2 is 2.00 bits per heavy atom. The standard InChI is InChI=1S/C9H19NO.C2H6/c1-3-9(5-7-11)4-6-10(2)8-9;1-2/h11H,3-8H2,1-2H3;1-2H3. The summed E-state index contributed by atoms with van der Waals surface area (Å²) >= 11 is 0. The lowest BCUT2D eigenvalue weighted by Crippen LogP contribution is -2.25. The van der Waals surface area contributed by atoms with Crippen molar-refractivity contribution in [1.29, 1.82) is 0 Å². The highest BCUT2D eigenvalue weighted by molar-refractivity contribution is 4.87. The van der Waals surface area contributed by atoms with Gasteiger partial charge in [0.05, 0.1) is 0 Å². The van der Waals surface area contributed by atoms with Crippen molar-refractivity contribution in [3.8, 4) is 0 Å². The lowest BCUT2D eigenvalue weighted by molar-refractivity contribution is 0.179. The van der Waals surface area contributed by atoms with Crippen LogP contribution in [0.4, 0.5) is 0 Å². The zero-order valence-corrected chi connectivity index (χ0v) is 9.64. The maximum Gasteiger partial charge on any atom is 0.0436 e. The average Bonchev–Trinajstić information content (AvgIpc) is 2.53. The van der Waals surface area contributed by atoms with Gasteiger partial charge in [-0.25, -0.2) is 0 Å². The molecule has 80 valence electrons. The summed E-state index contributed by atoms with van der Waals surface area (Å²) in [5.41, 5.74) is 0.434. The molecule has 0 spiro atoms. The fraction of sp³-hybridized carbons (Fsp3) is 1.00. The Morgan fingerprint density at radius 3 is 2.31 bits per heavy atom. The molecule has 1 unspecified atom stereocenters. The first-order valence-corrected chi connectivity index (χ1v) is 5.52.